The van der Waals surface area contributed by atoms with Crippen molar-refractivity contribution >= 4 is 17.4 Å². The summed E-state index contributed by atoms with van der Waals surface area (Å²) in [6, 6.07) is -0.0964. The monoisotopic (exact) mass is 253 g/mol. The van der Waals surface area contributed by atoms with E-state index in [0.29, 0.717) is 6.54 Å². The van der Waals surface area contributed by atoms with Crippen LogP contribution in [0.25, 0.3) is 0 Å². The Morgan fingerprint density at radius 3 is 2.94 bits per heavy atom. The number of aromatic nitrogens is 1. The van der Waals surface area contributed by atoms with E-state index >= 15 is 0 Å². The minimum Gasteiger partial charge on any atom is -0.332 e. The molecule has 0 bridgehead atoms. The van der Waals surface area contributed by atoms with Gasteiger partial charge in [0, 0.05) is 37.1 Å². The quantitative estimate of drug-likeness (QED) is 0.819. The molecule has 0 saturated heterocycles. The second kappa shape index (κ2) is 6.39. The van der Waals surface area contributed by atoms with Gasteiger partial charge in [-0.15, -0.1) is 17.9 Å². The van der Waals surface area contributed by atoms with Gasteiger partial charge in [-0.25, -0.2) is 9.78 Å². The van der Waals surface area contributed by atoms with Crippen LogP contribution in [0.3, 0.4) is 0 Å². The number of nitrogens with zero attached hydrogens (tertiary/aromatic N) is 2. The molecule has 0 aliphatic carbocycles. The Balaban J connectivity index is 2.45. The van der Waals surface area contributed by atoms with E-state index in [4.69, 9.17) is 0 Å². The van der Waals surface area contributed by atoms with E-state index < -0.39 is 0 Å². The highest BCUT2D eigenvalue weighted by Gasteiger charge is 2.15. The molecule has 1 aromatic rings. The zero-order valence-corrected chi connectivity index (χ0v) is 11.3. The number of hydrogen-bond acceptors (Lipinski definition) is 3. The number of carbonyl (C=O) groups is 1. The third-order valence-corrected chi connectivity index (χ3v) is 3.48. The van der Waals surface area contributed by atoms with E-state index in [1.807, 2.05) is 12.3 Å². The van der Waals surface area contributed by atoms with Gasteiger partial charge in [-0.1, -0.05) is 13.0 Å². The van der Waals surface area contributed by atoms with E-state index in [0.717, 1.165) is 5.01 Å². The van der Waals surface area contributed by atoms with Gasteiger partial charge in [-0.05, 0) is 6.92 Å². The third-order valence-electron chi connectivity index (χ3n) is 2.47. The fraction of sp³-hybridized carbons (Fsp3) is 0.500. The van der Waals surface area contributed by atoms with E-state index in [2.05, 4.69) is 23.8 Å². The number of urea groups is 1. The molecule has 0 radical (unpaired) electrons. The van der Waals surface area contributed by atoms with Gasteiger partial charge in [-0.2, -0.15) is 0 Å². The number of rotatable bonds is 5. The van der Waals surface area contributed by atoms with Gasteiger partial charge in [0.05, 0.1) is 5.01 Å². The SMILES string of the molecule is C=C[C@@H](C)NC(=O)N(C)C[C@H](C)c1nccs1. The first-order valence-corrected chi connectivity index (χ1v) is 6.46. The number of likely N-dealkylation sites (N-methyl/N-ethyl adjacent to an activating group) is 1. The summed E-state index contributed by atoms with van der Waals surface area (Å²) < 4.78 is 0. The summed E-state index contributed by atoms with van der Waals surface area (Å²) in [5.74, 6) is 0.254. The number of carbonyl (C=O) groups excluding carboxylic acids is 1. The molecular weight excluding hydrogens is 234 g/mol. The van der Waals surface area contributed by atoms with Crippen molar-refractivity contribution in [3.8, 4) is 0 Å². The topological polar surface area (TPSA) is 45.2 Å². The van der Waals surface area contributed by atoms with Crippen LogP contribution >= 0.6 is 11.3 Å². The minimum atomic E-state index is -0.0826. The molecule has 4 nitrogen and oxygen atoms in total. The molecule has 2 amide bonds. The summed E-state index contributed by atoms with van der Waals surface area (Å²) in [6.45, 7) is 8.25. The van der Waals surface area contributed by atoms with Crippen molar-refractivity contribution in [2.24, 2.45) is 0 Å². The van der Waals surface area contributed by atoms with Crippen LogP contribution in [0.15, 0.2) is 24.2 Å². The Morgan fingerprint density at radius 1 is 1.71 bits per heavy atom. The summed E-state index contributed by atoms with van der Waals surface area (Å²) >= 11 is 1.62. The summed E-state index contributed by atoms with van der Waals surface area (Å²) in [4.78, 5) is 17.7. The Kier molecular flexibility index (Phi) is 5.15. The van der Waals surface area contributed by atoms with Crippen LogP contribution in [0.4, 0.5) is 4.79 Å². The highest BCUT2D eigenvalue weighted by molar-refractivity contribution is 7.09. The van der Waals surface area contributed by atoms with E-state index in [1.165, 1.54) is 0 Å². The Labute approximate surface area is 106 Å². The molecule has 1 N–H and O–H groups in total. The van der Waals surface area contributed by atoms with Crippen molar-refractivity contribution in [3.63, 3.8) is 0 Å². The fourth-order valence-electron chi connectivity index (χ4n) is 1.41. The molecule has 0 aromatic carbocycles. The minimum absolute atomic E-state index is 0.0138. The maximum atomic E-state index is 11.8. The zero-order chi connectivity index (χ0) is 12.8. The molecule has 0 aliphatic heterocycles. The molecule has 0 aliphatic rings. The molecule has 1 heterocycles. The van der Waals surface area contributed by atoms with Crippen molar-refractivity contribution in [1.82, 2.24) is 15.2 Å². The summed E-state index contributed by atoms with van der Waals surface area (Å²) in [6.07, 6.45) is 3.49. The van der Waals surface area contributed by atoms with E-state index in [-0.39, 0.29) is 18.0 Å². The zero-order valence-electron chi connectivity index (χ0n) is 10.5. The van der Waals surface area contributed by atoms with Crippen molar-refractivity contribution in [3.05, 3.63) is 29.2 Å². The van der Waals surface area contributed by atoms with Crippen molar-refractivity contribution in [1.29, 1.82) is 0 Å². The predicted octanol–water partition coefficient (Wildman–Crippen LogP) is 2.46. The fourth-order valence-corrected chi connectivity index (χ4v) is 2.10. The van der Waals surface area contributed by atoms with Gasteiger partial charge in [0.1, 0.15) is 0 Å². The maximum Gasteiger partial charge on any atom is 0.317 e. The first kappa shape index (κ1) is 13.7. The predicted molar refractivity (Wildman–Crippen MR) is 71.3 cm³/mol. The summed E-state index contributed by atoms with van der Waals surface area (Å²) in [5.41, 5.74) is 0. The average molecular weight is 253 g/mol. The molecule has 1 rings (SSSR count). The van der Waals surface area contributed by atoms with Crippen LogP contribution in [0.5, 0.6) is 0 Å². The molecule has 0 fully saturated rings. The average Bonchev–Trinajstić information content (AvgIpc) is 2.82. The normalized spacial score (nSPS) is 13.8. The van der Waals surface area contributed by atoms with Crippen LogP contribution in [0, 0.1) is 0 Å². The van der Waals surface area contributed by atoms with Gasteiger partial charge in [0.2, 0.25) is 0 Å². The number of hydrogen-bond donors (Lipinski definition) is 1. The molecule has 1 aromatic heterocycles. The Morgan fingerprint density at radius 2 is 2.41 bits per heavy atom. The third kappa shape index (κ3) is 4.19. The Bertz CT molecular complexity index is 364. The van der Waals surface area contributed by atoms with Gasteiger partial charge < -0.3 is 10.2 Å². The lowest BCUT2D eigenvalue weighted by atomic mass is 10.2. The van der Waals surface area contributed by atoms with Crippen LogP contribution in [-0.2, 0) is 0 Å². The number of nitrogens with one attached hydrogen (secondary N) is 1. The lowest BCUT2D eigenvalue weighted by Crippen LogP contribution is -2.42. The molecule has 94 valence electrons. The van der Waals surface area contributed by atoms with Crippen molar-refractivity contribution in [2.75, 3.05) is 13.6 Å². The van der Waals surface area contributed by atoms with Crippen LogP contribution in [0.2, 0.25) is 0 Å². The first-order chi connectivity index (χ1) is 8.04. The number of thiazole rings is 1. The largest absolute Gasteiger partial charge is 0.332 e. The Hall–Kier alpha value is -1.36. The van der Waals surface area contributed by atoms with E-state index in [1.54, 1.807) is 35.6 Å². The van der Waals surface area contributed by atoms with Crippen molar-refractivity contribution < 1.29 is 4.79 Å². The molecule has 0 saturated carbocycles. The highest BCUT2D eigenvalue weighted by Crippen LogP contribution is 2.18. The number of amides is 2. The van der Waals surface area contributed by atoms with E-state index in [9.17, 15) is 4.79 Å². The molecule has 0 spiro atoms. The van der Waals surface area contributed by atoms with Gasteiger partial charge in [0.25, 0.3) is 0 Å². The maximum absolute atomic E-state index is 11.8. The van der Waals surface area contributed by atoms with Crippen LogP contribution in [-0.4, -0.2) is 35.5 Å². The van der Waals surface area contributed by atoms with Gasteiger partial charge in [-0.3, -0.25) is 0 Å². The molecule has 2 atom stereocenters. The lowest BCUT2D eigenvalue weighted by molar-refractivity contribution is 0.205. The molecule has 5 heteroatoms. The second-order valence-electron chi connectivity index (χ2n) is 4.13. The van der Waals surface area contributed by atoms with Gasteiger partial charge >= 0.3 is 6.03 Å². The summed E-state index contributed by atoms with van der Waals surface area (Å²) in [7, 11) is 1.79. The molecule has 17 heavy (non-hydrogen) atoms. The van der Waals surface area contributed by atoms with Crippen LogP contribution < -0.4 is 5.32 Å². The smallest absolute Gasteiger partial charge is 0.317 e. The van der Waals surface area contributed by atoms with Crippen molar-refractivity contribution in [2.45, 2.75) is 25.8 Å². The van der Waals surface area contributed by atoms with Gasteiger partial charge in [0.15, 0.2) is 0 Å². The highest BCUT2D eigenvalue weighted by atomic mass is 32.1. The lowest BCUT2D eigenvalue weighted by Gasteiger charge is -2.22. The summed E-state index contributed by atoms with van der Waals surface area (Å²) in [5, 5.41) is 5.84. The standard InChI is InChI=1S/C12H19N3OS/c1-5-10(3)14-12(16)15(4)8-9(2)11-13-6-7-17-11/h5-7,9-10H,1,8H2,2-4H3,(H,14,16)/t9-,10+/m0/s1. The molecule has 0 unspecified atom stereocenters. The second-order valence-corrected chi connectivity index (χ2v) is 5.05. The van der Waals surface area contributed by atoms with Crippen LogP contribution in [0.1, 0.15) is 24.8 Å². The first-order valence-electron chi connectivity index (χ1n) is 5.58. The molecular formula is C12H19N3OS.